The van der Waals surface area contributed by atoms with E-state index in [0.29, 0.717) is 0 Å². The first-order chi connectivity index (χ1) is 3.89. The van der Waals surface area contributed by atoms with Crippen LogP contribution < -0.4 is 18.9 Å². The molecule has 9 heavy (non-hydrogen) atoms. The Balaban J connectivity index is 0.000000405. The molecule has 2 aliphatic carbocycles. The van der Waals surface area contributed by atoms with E-state index in [0.717, 1.165) is 11.8 Å². The van der Waals surface area contributed by atoms with Gasteiger partial charge >= 0.3 is 18.9 Å². The van der Waals surface area contributed by atoms with Crippen molar-refractivity contribution in [2.75, 3.05) is 0 Å². The minimum absolute atomic E-state index is 0. The van der Waals surface area contributed by atoms with E-state index in [2.05, 4.69) is 15.9 Å². The van der Waals surface area contributed by atoms with Crippen molar-refractivity contribution in [1.82, 2.24) is 0 Å². The molecule has 0 aromatic carbocycles. The minimum Gasteiger partial charge on any atom is -0.316 e. The van der Waals surface area contributed by atoms with Crippen molar-refractivity contribution < 1.29 is 18.9 Å². The molecule has 0 aliphatic heterocycles. The molecule has 0 spiro atoms. The number of fused-ring (bicyclic) bond motifs is 1. The molecular formula is C7H10BrLi. The van der Waals surface area contributed by atoms with Gasteiger partial charge in [0.1, 0.15) is 0 Å². The molecule has 2 heteroatoms. The van der Waals surface area contributed by atoms with Crippen molar-refractivity contribution in [2.24, 2.45) is 11.8 Å². The van der Waals surface area contributed by atoms with Crippen molar-refractivity contribution in [3.05, 3.63) is 4.83 Å². The Morgan fingerprint density at radius 2 is 1.56 bits per heavy atom. The maximum atomic E-state index is 3.59. The van der Waals surface area contributed by atoms with Crippen LogP contribution in [0.15, 0.2) is 0 Å². The maximum Gasteiger partial charge on any atom is 1.00 e. The molecule has 2 aliphatic rings. The third-order valence-corrected chi connectivity index (χ3v) is 3.54. The van der Waals surface area contributed by atoms with Gasteiger partial charge in [-0.05, 0) is 0 Å². The van der Waals surface area contributed by atoms with Gasteiger partial charge in [-0.2, -0.15) is 11.8 Å². The van der Waals surface area contributed by atoms with Gasteiger partial charge in [0.05, 0.1) is 0 Å². The van der Waals surface area contributed by atoms with Crippen LogP contribution in [0.5, 0.6) is 0 Å². The molecule has 0 amide bonds. The van der Waals surface area contributed by atoms with Gasteiger partial charge in [0.2, 0.25) is 0 Å². The molecule has 0 saturated heterocycles. The molecule has 2 rings (SSSR count). The Labute approximate surface area is 77.1 Å². The van der Waals surface area contributed by atoms with Crippen molar-refractivity contribution in [3.63, 3.8) is 0 Å². The quantitative estimate of drug-likeness (QED) is 0.356. The van der Waals surface area contributed by atoms with E-state index in [9.17, 15) is 0 Å². The summed E-state index contributed by atoms with van der Waals surface area (Å²) in [5.74, 6) is 2.01. The SMILES string of the molecule is Br[C-]1C2CCCCC12.[Li+]. The Morgan fingerprint density at radius 3 is 1.89 bits per heavy atom. The summed E-state index contributed by atoms with van der Waals surface area (Å²) >= 11 is 3.59. The molecule has 46 valence electrons. The number of hydrogen-bond acceptors (Lipinski definition) is 0. The average Bonchev–Trinajstić information content (AvgIpc) is 2.46. The van der Waals surface area contributed by atoms with Crippen LogP contribution in [0.3, 0.4) is 0 Å². The largest absolute Gasteiger partial charge is 1.00 e. The molecule has 2 unspecified atom stereocenters. The summed E-state index contributed by atoms with van der Waals surface area (Å²) in [5, 5.41) is 0. The fourth-order valence-corrected chi connectivity index (χ4v) is 2.71. The molecule has 0 radical (unpaired) electrons. The molecule has 0 aromatic heterocycles. The van der Waals surface area contributed by atoms with E-state index < -0.39 is 0 Å². The molecule has 2 fully saturated rings. The van der Waals surface area contributed by atoms with Gasteiger partial charge in [-0.15, -0.1) is 0 Å². The summed E-state index contributed by atoms with van der Waals surface area (Å²) < 4.78 is 0. The number of hydrogen-bond donors (Lipinski definition) is 0. The summed E-state index contributed by atoms with van der Waals surface area (Å²) in [6.07, 6.45) is 5.86. The van der Waals surface area contributed by atoms with Gasteiger partial charge in [0, 0.05) is 0 Å². The minimum atomic E-state index is 0. The normalized spacial score (nSPS) is 41.0. The zero-order chi connectivity index (χ0) is 5.56. The Kier molecular flexibility index (Phi) is 2.72. The second-order valence-electron chi connectivity index (χ2n) is 2.88. The van der Waals surface area contributed by atoms with Crippen LogP contribution in [0.1, 0.15) is 25.7 Å². The summed E-state index contributed by atoms with van der Waals surface area (Å²) in [7, 11) is 0. The van der Waals surface area contributed by atoms with Crippen molar-refractivity contribution in [3.8, 4) is 0 Å². The van der Waals surface area contributed by atoms with Gasteiger partial charge in [-0.1, -0.05) is 25.7 Å². The van der Waals surface area contributed by atoms with Crippen molar-refractivity contribution in [1.29, 1.82) is 0 Å². The standard InChI is InChI=1S/C7H10Br.Li/c8-7-5-3-1-2-4-6(5)7;/h5-6H,1-4H2;/q-1;+1. The smallest absolute Gasteiger partial charge is 0.316 e. The molecular weight excluding hydrogens is 171 g/mol. The topological polar surface area (TPSA) is 0 Å². The average molecular weight is 181 g/mol. The summed E-state index contributed by atoms with van der Waals surface area (Å²) in [4.78, 5) is 1.62. The van der Waals surface area contributed by atoms with Crippen LogP contribution in [-0.4, -0.2) is 0 Å². The molecule has 2 atom stereocenters. The maximum absolute atomic E-state index is 3.59. The molecule has 0 N–H and O–H groups in total. The second-order valence-corrected chi connectivity index (χ2v) is 3.80. The number of halogens is 1. The monoisotopic (exact) mass is 180 g/mol. The molecule has 0 bridgehead atoms. The molecule has 2 saturated carbocycles. The van der Waals surface area contributed by atoms with Gasteiger partial charge < -0.3 is 15.9 Å². The van der Waals surface area contributed by atoms with Crippen molar-refractivity contribution in [2.45, 2.75) is 25.7 Å². The third-order valence-electron chi connectivity index (χ3n) is 2.37. The fourth-order valence-electron chi connectivity index (χ4n) is 1.75. The van der Waals surface area contributed by atoms with Crippen LogP contribution in [0.25, 0.3) is 0 Å². The van der Waals surface area contributed by atoms with Gasteiger partial charge in [-0.3, -0.25) is 0 Å². The third kappa shape index (κ3) is 1.39. The first-order valence-corrected chi connectivity index (χ1v) is 4.21. The summed E-state index contributed by atoms with van der Waals surface area (Å²) in [5.41, 5.74) is 0. The Bertz CT molecular complexity index is 93.1. The van der Waals surface area contributed by atoms with E-state index in [1.165, 1.54) is 25.7 Å². The first kappa shape index (κ1) is 8.18. The summed E-state index contributed by atoms with van der Waals surface area (Å²) in [6, 6.07) is 0. The number of rotatable bonds is 0. The predicted octanol–water partition coefficient (Wildman–Crippen LogP) is -0.263. The van der Waals surface area contributed by atoms with E-state index in [1.54, 1.807) is 4.83 Å². The van der Waals surface area contributed by atoms with E-state index in [-0.39, 0.29) is 18.9 Å². The zero-order valence-corrected chi connectivity index (χ0v) is 7.45. The summed E-state index contributed by atoms with van der Waals surface area (Å²) in [6.45, 7) is 0. The molecule has 0 heterocycles. The first-order valence-electron chi connectivity index (χ1n) is 3.42. The van der Waals surface area contributed by atoms with E-state index in [4.69, 9.17) is 0 Å². The van der Waals surface area contributed by atoms with Crippen LogP contribution in [0.2, 0.25) is 0 Å². The molecule has 0 nitrogen and oxygen atoms in total. The second kappa shape index (κ2) is 2.99. The van der Waals surface area contributed by atoms with Gasteiger partial charge in [0.15, 0.2) is 0 Å². The van der Waals surface area contributed by atoms with Crippen LogP contribution in [-0.2, 0) is 0 Å². The van der Waals surface area contributed by atoms with Crippen LogP contribution in [0, 0.1) is 16.7 Å². The van der Waals surface area contributed by atoms with E-state index >= 15 is 0 Å². The zero-order valence-electron chi connectivity index (χ0n) is 5.86. The van der Waals surface area contributed by atoms with Crippen LogP contribution >= 0.6 is 15.9 Å². The van der Waals surface area contributed by atoms with Crippen molar-refractivity contribution >= 4 is 15.9 Å². The van der Waals surface area contributed by atoms with Gasteiger partial charge in [-0.25, -0.2) is 4.83 Å². The fraction of sp³-hybridized carbons (Fsp3) is 0.857. The van der Waals surface area contributed by atoms with E-state index in [1.807, 2.05) is 0 Å². The Morgan fingerprint density at radius 1 is 1.11 bits per heavy atom. The Hall–Kier alpha value is 1.08. The van der Waals surface area contributed by atoms with Crippen LogP contribution in [0.4, 0.5) is 0 Å². The molecule has 0 aromatic rings. The van der Waals surface area contributed by atoms with Gasteiger partial charge in [0.25, 0.3) is 0 Å². The predicted molar refractivity (Wildman–Crippen MR) is 37.6 cm³/mol.